The monoisotopic (exact) mass is 295 g/mol. The fourth-order valence-electron chi connectivity index (χ4n) is 2.48. The van der Waals surface area contributed by atoms with E-state index in [0.29, 0.717) is 11.9 Å². The van der Waals surface area contributed by atoms with Crippen molar-refractivity contribution in [2.75, 3.05) is 0 Å². The van der Waals surface area contributed by atoms with E-state index in [1.54, 1.807) is 6.07 Å². The maximum Gasteiger partial charge on any atom is 0.303 e. The molecule has 0 fully saturated rings. The summed E-state index contributed by atoms with van der Waals surface area (Å²) in [6, 6.07) is 15.9. The van der Waals surface area contributed by atoms with Crippen LogP contribution in [0.15, 0.2) is 54.6 Å². The van der Waals surface area contributed by atoms with Crippen LogP contribution in [0.4, 0.5) is 4.39 Å². The summed E-state index contributed by atoms with van der Waals surface area (Å²) in [4.78, 5) is 15.3. The first-order valence-electron chi connectivity index (χ1n) is 7.00. The van der Waals surface area contributed by atoms with Gasteiger partial charge in [0.1, 0.15) is 5.82 Å². The van der Waals surface area contributed by atoms with Gasteiger partial charge in [-0.1, -0.05) is 30.3 Å². The third-order valence-corrected chi connectivity index (χ3v) is 3.54. The summed E-state index contributed by atoms with van der Waals surface area (Å²) in [5, 5.41) is 9.70. The van der Waals surface area contributed by atoms with Crippen LogP contribution >= 0.6 is 0 Å². The summed E-state index contributed by atoms with van der Waals surface area (Å²) in [6.45, 7) is 0. The SMILES string of the molecule is O=C(O)CCc1cc(-c2ccccc2)nc2cc(F)ccc12. The first-order valence-corrected chi connectivity index (χ1v) is 7.00. The van der Waals surface area contributed by atoms with E-state index in [1.165, 1.54) is 12.1 Å². The molecule has 0 amide bonds. The summed E-state index contributed by atoms with van der Waals surface area (Å²) < 4.78 is 13.5. The predicted molar refractivity (Wildman–Crippen MR) is 83.1 cm³/mol. The van der Waals surface area contributed by atoms with Crippen LogP contribution in [0.2, 0.25) is 0 Å². The molecule has 110 valence electrons. The van der Waals surface area contributed by atoms with E-state index in [2.05, 4.69) is 4.98 Å². The van der Waals surface area contributed by atoms with Crippen LogP contribution in [-0.4, -0.2) is 16.1 Å². The second-order valence-corrected chi connectivity index (χ2v) is 5.09. The Bertz CT molecular complexity index is 831. The van der Waals surface area contributed by atoms with Crippen molar-refractivity contribution in [2.45, 2.75) is 12.8 Å². The number of hydrogen-bond acceptors (Lipinski definition) is 2. The molecule has 4 heteroatoms. The van der Waals surface area contributed by atoms with Crippen LogP contribution in [0.3, 0.4) is 0 Å². The van der Waals surface area contributed by atoms with Crippen LogP contribution in [0, 0.1) is 5.82 Å². The number of aliphatic carboxylic acids is 1. The van der Waals surface area contributed by atoms with Crippen LogP contribution in [0.1, 0.15) is 12.0 Å². The Morgan fingerprint density at radius 1 is 1.09 bits per heavy atom. The fourth-order valence-corrected chi connectivity index (χ4v) is 2.48. The Morgan fingerprint density at radius 3 is 2.59 bits per heavy atom. The minimum absolute atomic E-state index is 0.0325. The average molecular weight is 295 g/mol. The normalized spacial score (nSPS) is 10.8. The number of fused-ring (bicyclic) bond motifs is 1. The van der Waals surface area contributed by atoms with Gasteiger partial charge in [-0.15, -0.1) is 0 Å². The molecule has 3 rings (SSSR count). The molecule has 2 aromatic carbocycles. The molecule has 0 saturated heterocycles. The summed E-state index contributed by atoms with van der Waals surface area (Å²) >= 11 is 0. The number of benzene rings is 2. The number of halogens is 1. The van der Waals surface area contributed by atoms with Crippen molar-refractivity contribution < 1.29 is 14.3 Å². The number of pyridine rings is 1. The second-order valence-electron chi connectivity index (χ2n) is 5.09. The minimum Gasteiger partial charge on any atom is -0.481 e. The van der Waals surface area contributed by atoms with Gasteiger partial charge in [-0.2, -0.15) is 0 Å². The lowest BCUT2D eigenvalue weighted by atomic mass is 10.0. The molecule has 0 spiro atoms. The van der Waals surface area contributed by atoms with E-state index < -0.39 is 5.97 Å². The van der Waals surface area contributed by atoms with Gasteiger partial charge in [0.2, 0.25) is 0 Å². The largest absolute Gasteiger partial charge is 0.481 e. The standard InChI is InChI=1S/C18H14FNO2/c19-14-7-8-15-13(6-9-18(21)22)10-16(20-17(15)11-14)12-4-2-1-3-5-12/h1-5,7-8,10-11H,6,9H2,(H,21,22). The Hall–Kier alpha value is -2.75. The quantitative estimate of drug-likeness (QED) is 0.789. The van der Waals surface area contributed by atoms with Crippen molar-refractivity contribution in [3.8, 4) is 11.3 Å². The second kappa shape index (κ2) is 5.93. The molecule has 0 aliphatic carbocycles. The third-order valence-electron chi connectivity index (χ3n) is 3.54. The fraction of sp³-hybridized carbons (Fsp3) is 0.111. The Kier molecular flexibility index (Phi) is 3.83. The highest BCUT2D eigenvalue weighted by atomic mass is 19.1. The van der Waals surface area contributed by atoms with Gasteiger partial charge in [-0.3, -0.25) is 4.79 Å². The summed E-state index contributed by atoms with van der Waals surface area (Å²) in [6.07, 6.45) is 0.421. The lowest BCUT2D eigenvalue weighted by Gasteiger charge is -2.09. The molecule has 0 saturated carbocycles. The zero-order chi connectivity index (χ0) is 15.5. The minimum atomic E-state index is -0.853. The number of carboxylic acid groups (broad SMARTS) is 1. The Labute approximate surface area is 127 Å². The van der Waals surface area contributed by atoms with E-state index >= 15 is 0 Å². The summed E-state index contributed by atoms with van der Waals surface area (Å²) in [5.74, 6) is -1.21. The van der Waals surface area contributed by atoms with Crippen molar-refractivity contribution in [1.29, 1.82) is 0 Å². The molecular formula is C18H14FNO2. The number of rotatable bonds is 4. The Balaban J connectivity index is 2.16. The molecule has 3 aromatic rings. The van der Waals surface area contributed by atoms with E-state index in [0.717, 1.165) is 22.2 Å². The molecule has 22 heavy (non-hydrogen) atoms. The third kappa shape index (κ3) is 2.96. The molecule has 3 nitrogen and oxygen atoms in total. The number of aryl methyl sites for hydroxylation is 1. The molecular weight excluding hydrogens is 281 g/mol. The van der Waals surface area contributed by atoms with E-state index in [-0.39, 0.29) is 12.2 Å². The van der Waals surface area contributed by atoms with Crippen LogP contribution in [0.5, 0.6) is 0 Å². The topological polar surface area (TPSA) is 50.2 Å². The van der Waals surface area contributed by atoms with Crippen molar-refractivity contribution >= 4 is 16.9 Å². The van der Waals surface area contributed by atoms with Crippen molar-refractivity contribution in [3.05, 3.63) is 66.0 Å². The van der Waals surface area contributed by atoms with Gasteiger partial charge in [0.15, 0.2) is 0 Å². The maximum atomic E-state index is 13.5. The van der Waals surface area contributed by atoms with Crippen molar-refractivity contribution in [1.82, 2.24) is 4.98 Å². The molecule has 1 aromatic heterocycles. The maximum absolute atomic E-state index is 13.5. The van der Waals surface area contributed by atoms with Crippen LogP contribution in [0.25, 0.3) is 22.2 Å². The average Bonchev–Trinajstić information content (AvgIpc) is 2.52. The molecule has 0 unspecified atom stereocenters. The molecule has 1 N–H and O–H groups in total. The highest BCUT2D eigenvalue weighted by molar-refractivity contribution is 5.85. The highest BCUT2D eigenvalue weighted by Gasteiger charge is 2.10. The molecule has 0 aliphatic rings. The molecule has 0 atom stereocenters. The van der Waals surface area contributed by atoms with Crippen LogP contribution in [-0.2, 0) is 11.2 Å². The van der Waals surface area contributed by atoms with E-state index in [1.807, 2.05) is 36.4 Å². The van der Waals surface area contributed by atoms with E-state index in [4.69, 9.17) is 5.11 Å². The number of aromatic nitrogens is 1. The number of hydrogen-bond donors (Lipinski definition) is 1. The Morgan fingerprint density at radius 2 is 1.86 bits per heavy atom. The van der Waals surface area contributed by atoms with Crippen LogP contribution < -0.4 is 0 Å². The van der Waals surface area contributed by atoms with Crippen molar-refractivity contribution in [2.24, 2.45) is 0 Å². The van der Waals surface area contributed by atoms with Gasteiger partial charge in [0.05, 0.1) is 11.2 Å². The highest BCUT2D eigenvalue weighted by Crippen LogP contribution is 2.26. The van der Waals surface area contributed by atoms with Gasteiger partial charge >= 0.3 is 5.97 Å². The molecule has 1 heterocycles. The number of nitrogens with zero attached hydrogens (tertiary/aromatic N) is 1. The smallest absolute Gasteiger partial charge is 0.303 e. The first-order chi connectivity index (χ1) is 10.6. The predicted octanol–water partition coefficient (Wildman–Crippen LogP) is 4.06. The number of carbonyl (C=O) groups is 1. The molecule has 0 bridgehead atoms. The summed E-state index contributed by atoms with van der Waals surface area (Å²) in [5.41, 5.74) is 3.05. The molecule has 0 radical (unpaired) electrons. The van der Waals surface area contributed by atoms with E-state index in [9.17, 15) is 9.18 Å². The van der Waals surface area contributed by atoms with Gasteiger partial charge in [-0.05, 0) is 30.2 Å². The van der Waals surface area contributed by atoms with Gasteiger partial charge in [-0.25, -0.2) is 9.37 Å². The van der Waals surface area contributed by atoms with Gasteiger partial charge in [0, 0.05) is 23.4 Å². The zero-order valence-corrected chi connectivity index (χ0v) is 11.8. The summed E-state index contributed by atoms with van der Waals surface area (Å²) in [7, 11) is 0. The zero-order valence-electron chi connectivity index (χ0n) is 11.8. The van der Waals surface area contributed by atoms with Gasteiger partial charge < -0.3 is 5.11 Å². The molecule has 0 aliphatic heterocycles. The lowest BCUT2D eigenvalue weighted by Crippen LogP contribution is -2.00. The number of carboxylic acids is 1. The lowest BCUT2D eigenvalue weighted by molar-refractivity contribution is -0.136. The van der Waals surface area contributed by atoms with Crippen molar-refractivity contribution in [3.63, 3.8) is 0 Å². The van der Waals surface area contributed by atoms with Gasteiger partial charge in [0.25, 0.3) is 0 Å². The first kappa shape index (κ1) is 14.2.